The van der Waals surface area contributed by atoms with Crippen molar-refractivity contribution >= 4 is 5.91 Å². The number of likely N-dealkylation sites (N-methyl/N-ethyl adjacent to an activating group) is 1. The largest absolute Gasteiger partial charge is 0.354 e. The van der Waals surface area contributed by atoms with Crippen LogP contribution in [0.15, 0.2) is 0 Å². The molecule has 0 aromatic heterocycles. The van der Waals surface area contributed by atoms with E-state index < -0.39 is 5.54 Å². The van der Waals surface area contributed by atoms with Gasteiger partial charge in [0.05, 0.1) is 5.54 Å². The van der Waals surface area contributed by atoms with Crippen molar-refractivity contribution in [2.45, 2.75) is 65.3 Å². The second-order valence-corrected chi connectivity index (χ2v) is 6.21. The smallest absolute Gasteiger partial charge is 0.239 e. The molecule has 3 nitrogen and oxygen atoms in total. The molecule has 0 aliphatic heterocycles. The summed E-state index contributed by atoms with van der Waals surface area (Å²) in [6.07, 6.45) is 6.46. The Labute approximate surface area is 106 Å². The van der Waals surface area contributed by atoms with Gasteiger partial charge >= 0.3 is 0 Å². The Morgan fingerprint density at radius 1 is 1.24 bits per heavy atom. The van der Waals surface area contributed by atoms with Crippen molar-refractivity contribution in [1.82, 2.24) is 10.6 Å². The molecule has 1 rings (SSSR count). The molecule has 0 aromatic carbocycles. The Hall–Kier alpha value is -0.570. The first-order valence-electron chi connectivity index (χ1n) is 6.93. The molecule has 1 fully saturated rings. The second kappa shape index (κ2) is 5.85. The summed E-state index contributed by atoms with van der Waals surface area (Å²) in [4.78, 5) is 12.1. The second-order valence-electron chi connectivity index (χ2n) is 6.21. The van der Waals surface area contributed by atoms with Gasteiger partial charge in [-0.15, -0.1) is 0 Å². The highest BCUT2D eigenvalue weighted by molar-refractivity contribution is 5.85. The quantitative estimate of drug-likeness (QED) is 0.775. The molecule has 0 heterocycles. The minimum Gasteiger partial charge on any atom is -0.354 e. The summed E-state index contributed by atoms with van der Waals surface area (Å²) in [5.74, 6) is 0.117. The highest BCUT2D eigenvalue weighted by atomic mass is 16.2. The minimum absolute atomic E-state index is 0.117. The Morgan fingerprint density at radius 2 is 1.82 bits per heavy atom. The molecule has 0 saturated heterocycles. The van der Waals surface area contributed by atoms with Crippen LogP contribution in [-0.4, -0.2) is 24.5 Å². The van der Waals surface area contributed by atoms with Crippen LogP contribution in [0.2, 0.25) is 0 Å². The molecule has 1 aliphatic carbocycles. The lowest BCUT2D eigenvalue weighted by molar-refractivity contribution is -0.127. The van der Waals surface area contributed by atoms with Gasteiger partial charge in [0.2, 0.25) is 5.91 Å². The minimum atomic E-state index is -0.459. The Balaban J connectivity index is 2.41. The zero-order valence-corrected chi connectivity index (χ0v) is 11.9. The van der Waals surface area contributed by atoms with Crippen LogP contribution >= 0.6 is 0 Å². The van der Waals surface area contributed by atoms with E-state index in [1.165, 1.54) is 32.1 Å². The maximum absolute atomic E-state index is 12.1. The third kappa shape index (κ3) is 4.30. The number of amides is 1. The van der Waals surface area contributed by atoms with Crippen LogP contribution < -0.4 is 10.6 Å². The Kier molecular flexibility index (Phi) is 4.99. The average Bonchev–Trinajstić information content (AvgIpc) is 2.27. The van der Waals surface area contributed by atoms with Crippen LogP contribution in [0.3, 0.4) is 0 Å². The summed E-state index contributed by atoms with van der Waals surface area (Å²) in [5.41, 5.74) is -0.143. The van der Waals surface area contributed by atoms with Gasteiger partial charge in [-0.05, 0) is 38.6 Å². The number of hydrogen-bond acceptors (Lipinski definition) is 2. The van der Waals surface area contributed by atoms with Crippen molar-refractivity contribution in [2.24, 2.45) is 5.41 Å². The van der Waals surface area contributed by atoms with Crippen molar-refractivity contribution < 1.29 is 4.79 Å². The molecular formula is C14H28N2O. The van der Waals surface area contributed by atoms with Gasteiger partial charge in [0.1, 0.15) is 0 Å². The number of hydrogen-bond donors (Lipinski definition) is 2. The van der Waals surface area contributed by atoms with E-state index in [2.05, 4.69) is 17.6 Å². The summed E-state index contributed by atoms with van der Waals surface area (Å²) in [7, 11) is 0. The van der Waals surface area contributed by atoms with E-state index in [1.807, 2.05) is 20.8 Å². The lowest BCUT2D eigenvalue weighted by Gasteiger charge is -2.35. The molecule has 0 bridgehead atoms. The zero-order valence-electron chi connectivity index (χ0n) is 11.9. The zero-order chi connectivity index (χ0) is 12.9. The first-order chi connectivity index (χ1) is 7.90. The van der Waals surface area contributed by atoms with E-state index >= 15 is 0 Å². The van der Waals surface area contributed by atoms with Crippen molar-refractivity contribution in [3.63, 3.8) is 0 Å². The van der Waals surface area contributed by atoms with E-state index in [9.17, 15) is 4.79 Å². The van der Waals surface area contributed by atoms with Crippen molar-refractivity contribution in [3.05, 3.63) is 0 Å². The summed E-state index contributed by atoms with van der Waals surface area (Å²) < 4.78 is 0. The molecule has 2 N–H and O–H groups in total. The van der Waals surface area contributed by atoms with Crippen LogP contribution in [0.1, 0.15) is 59.8 Å². The summed E-state index contributed by atoms with van der Waals surface area (Å²) in [6.45, 7) is 9.84. The fourth-order valence-electron chi connectivity index (χ4n) is 2.62. The molecule has 3 heteroatoms. The first-order valence-corrected chi connectivity index (χ1v) is 6.93. The molecule has 1 aliphatic rings. The van der Waals surface area contributed by atoms with Crippen molar-refractivity contribution in [3.8, 4) is 0 Å². The third-order valence-electron chi connectivity index (χ3n) is 3.92. The van der Waals surface area contributed by atoms with Gasteiger partial charge in [0.15, 0.2) is 0 Å². The van der Waals surface area contributed by atoms with Gasteiger partial charge in [-0.2, -0.15) is 0 Å². The molecule has 0 spiro atoms. The van der Waals surface area contributed by atoms with E-state index in [4.69, 9.17) is 0 Å². The molecule has 1 amide bonds. The summed E-state index contributed by atoms with van der Waals surface area (Å²) >= 11 is 0. The number of nitrogens with one attached hydrogen (secondary N) is 2. The molecule has 0 aromatic rings. The molecule has 100 valence electrons. The average molecular weight is 240 g/mol. The fraction of sp³-hybridized carbons (Fsp3) is 0.929. The normalized spacial score (nSPS) is 20.0. The van der Waals surface area contributed by atoms with Gasteiger partial charge in [-0.1, -0.05) is 33.1 Å². The van der Waals surface area contributed by atoms with Gasteiger partial charge in [0.25, 0.3) is 0 Å². The number of rotatable bonds is 5. The maximum atomic E-state index is 12.1. The van der Waals surface area contributed by atoms with Gasteiger partial charge < -0.3 is 10.6 Å². The van der Waals surface area contributed by atoms with Crippen LogP contribution in [0.25, 0.3) is 0 Å². The SMILES string of the molecule is CCNC(C)(C)C(=O)NCC1(C)CCCCC1. The standard InChI is InChI=1S/C14H28N2O/c1-5-16-13(2,3)12(17)15-11-14(4)9-7-6-8-10-14/h16H,5-11H2,1-4H3,(H,15,17). The monoisotopic (exact) mass is 240 g/mol. The van der Waals surface area contributed by atoms with Crippen molar-refractivity contribution in [2.75, 3.05) is 13.1 Å². The number of carbonyl (C=O) groups excluding carboxylic acids is 1. The fourth-order valence-corrected chi connectivity index (χ4v) is 2.62. The Bertz CT molecular complexity index is 255. The summed E-state index contributed by atoms with van der Waals surface area (Å²) in [6, 6.07) is 0. The highest BCUT2D eigenvalue weighted by Gasteiger charge is 2.31. The molecule has 0 atom stereocenters. The number of carbonyl (C=O) groups is 1. The lowest BCUT2D eigenvalue weighted by Crippen LogP contribution is -2.54. The maximum Gasteiger partial charge on any atom is 0.239 e. The summed E-state index contributed by atoms with van der Waals surface area (Å²) in [5, 5.41) is 6.33. The topological polar surface area (TPSA) is 41.1 Å². The van der Waals surface area contributed by atoms with E-state index in [-0.39, 0.29) is 5.91 Å². The van der Waals surface area contributed by atoms with Crippen LogP contribution in [-0.2, 0) is 4.79 Å². The lowest BCUT2D eigenvalue weighted by atomic mass is 9.75. The highest BCUT2D eigenvalue weighted by Crippen LogP contribution is 2.34. The first kappa shape index (κ1) is 14.5. The van der Waals surface area contributed by atoms with E-state index in [0.29, 0.717) is 5.41 Å². The Morgan fingerprint density at radius 3 is 2.35 bits per heavy atom. The van der Waals surface area contributed by atoms with Gasteiger partial charge in [0, 0.05) is 6.54 Å². The van der Waals surface area contributed by atoms with Crippen LogP contribution in [0.4, 0.5) is 0 Å². The van der Waals surface area contributed by atoms with E-state index in [1.54, 1.807) is 0 Å². The third-order valence-corrected chi connectivity index (χ3v) is 3.92. The molecule has 17 heavy (non-hydrogen) atoms. The molecule has 0 unspecified atom stereocenters. The molecule has 1 saturated carbocycles. The predicted octanol–water partition coefficient (Wildman–Crippen LogP) is 2.46. The van der Waals surface area contributed by atoms with E-state index in [0.717, 1.165) is 13.1 Å². The molecular weight excluding hydrogens is 212 g/mol. The van der Waals surface area contributed by atoms with Gasteiger partial charge in [-0.25, -0.2) is 0 Å². The van der Waals surface area contributed by atoms with Crippen LogP contribution in [0, 0.1) is 5.41 Å². The van der Waals surface area contributed by atoms with Crippen molar-refractivity contribution in [1.29, 1.82) is 0 Å². The molecule has 0 radical (unpaired) electrons. The van der Waals surface area contributed by atoms with Gasteiger partial charge in [-0.3, -0.25) is 4.79 Å². The van der Waals surface area contributed by atoms with Crippen LogP contribution in [0.5, 0.6) is 0 Å². The predicted molar refractivity (Wildman–Crippen MR) is 72.0 cm³/mol.